The normalized spacial score (nSPS) is 17.7. The van der Waals surface area contributed by atoms with Crippen molar-refractivity contribution in [3.05, 3.63) is 35.6 Å². The summed E-state index contributed by atoms with van der Waals surface area (Å²) in [6.45, 7) is 7.12. The highest BCUT2D eigenvalue weighted by Gasteiger charge is 2.31. The Morgan fingerprint density at radius 1 is 1.19 bits per heavy atom. The van der Waals surface area contributed by atoms with Crippen molar-refractivity contribution in [1.82, 2.24) is 20.0 Å². The van der Waals surface area contributed by atoms with Gasteiger partial charge >= 0.3 is 6.18 Å². The molecule has 27 heavy (non-hydrogen) atoms. The number of hydrogen-bond acceptors (Lipinski definition) is 6. The molecule has 0 N–H and O–H groups in total. The predicted molar refractivity (Wildman–Crippen MR) is 94.4 cm³/mol. The molecular formula is C18H24F3N5O. The van der Waals surface area contributed by atoms with Gasteiger partial charge in [0.25, 0.3) is 0 Å². The summed E-state index contributed by atoms with van der Waals surface area (Å²) in [7, 11) is 0. The van der Waals surface area contributed by atoms with E-state index in [9.17, 15) is 13.2 Å². The average Bonchev–Trinajstić information content (AvgIpc) is 2.96. The summed E-state index contributed by atoms with van der Waals surface area (Å²) in [4.78, 5) is 12.7. The van der Waals surface area contributed by atoms with E-state index < -0.39 is 11.7 Å². The molecule has 2 aromatic heterocycles. The van der Waals surface area contributed by atoms with Crippen LogP contribution in [0.4, 0.5) is 19.0 Å². The second-order valence-electron chi connectivity index (χ2n) is 6.75. The Morgan fingerprint density at radius 2 is 2.00 bits per heavy atom. The SMILES string of the molecule is CCCc1noc(C(C)N2CCCN(c3ccc(C(F)(F)F)cn3)CC2)n1. The highest BCUT2D eigenvalue weighted by atomic mass is 19.4. The van der Waals surface area contributed by atoms with Crippen LogP contribution in [0.15, 0.2) is 22.9 Å². The van der Waals surface area contributed by atoms with Crippen LogP contribution in [0.3, 0.4) is 0 Å². The number of aryl methyl sites for hydroxylation is 1. The van der Waals surface area contributed by atoms with Gasteiger partial charge in [0, 0.05) is 38.8 Å². The molecule has 1 saturated heterocycles. The summed E-state index contributed by atoms with van der Waals surface area (Å²) in [6, 6.07) is 2.53. The first-order chi connectivity index (χ1) is 12.9. The molecule has 3 heterocycles. The molecule has 3 rings (SSSR count). The fraction of sp³-hybridized carbons (Fsp3) is 0.611. The first-order valence-electron chi connectivity index (χ1n) is 9.23. The molecule has 1 unspecified atom stereocenters. The van der Waals surface area contributed by atoms with Crippen LogP contribution >= 0.6 is 0 Å². The Kier molecular flexibility index (Phi) is 5.98. The number of hydrogen-bond donors (Lipinski definition) is 0. The predicted octanol–water partition coefficient (Wildman–Crippen LogP) is 3.71. The van der Waals surface area contributed by atoms with E-state index in [0.29, 0.717) is 18.3 Å². The maximum atomic E-state index is 12.7. The van der Waals surface area contributed by atoms with Crippen LogP contribution in [0.5, 0.6) is 0 Å². The first kappa shape index (κ1) is 19.6. The average molecular weight is 383 g/mol. The van der Waals surface area contributed by atoms with Crippen molar-refractivity contribution in [3.8, 4) is 0 Å². The van der Waals surface area contributed by atoms with Gasteiger partial charge in [0.05, 0.1) is 11.6 Å². The molecule has 0 aliphatic carbocycles. The summed E-state index contributed by atoms with van der Waals surface area (Å²) in [5, 5.41) is 4.01. The summed E-state index contributed by atoms with van der Waals surface area (Å²) in [5.74, 6) is 1.91. The molecule has 0 bridgehead atoms. The second kappa shape index (κ2) is 8.24. The zero-order valence-corrected chi connectivity index (χ0v) is 15.5. The van der Waals surface area contributed by atoms with Gasteiger partial charge in [-0.25, -0.2) is 4.98 Å². The molecule has 148 valence electrons. The van der Waals surface area contributed by atoms with E-state index in [-0.39, 0.29) is 6.04 Å². The monoisotopic (exact) mass is 383 g/mol. The van der Waals surface area contributed by atoms with E-state index in [2.05, 4.69) is 26.9 Å². The number of halogens is 3. The van der Waals surface area contributed by atoms with Crippen LogP contribution < -0.4 is 4.90 Å². The lowest BCUT2D eigenvalue weighted by Crippen LogP contribution is -2.33. The molecule has 0 aromatic carbocycles. The largest absolute Gasteiger partial charge is 0.417 e. The van der Waals surface area contributed by atoms with Gasteiger partial charge in [0.1, 0.15) is 5.82 Å². The number of anilines is 1. The van der Waals surface area contributed by atoms with Crippen LogP contribution in [-0.4, -0.2) is 46.2 Å². The van der Waals surface area contributed by atoms with E-state index in [0.717, 1.165) is 57.0 Å². The molecule has 0 saturated carbocycles. The molecule has 0 spiro atoms. The van der Waals surface area contributed by atoms with Crippen molar-refractivity contribution < 1.29 is 17.7 Å². The van der Waals surface area contributed by atoms with Crippen LogP contribution in [0, 0.1) is 0 Å². The fourth-order valence-corrected chi connectivity index (χ4v) is 3.21. The van der Waals surface area contributed by atoms with E-state index in [1.54, 1.807) is 0 Å². The van der Waals surface area contributed by atoms with Gasteiger partial charge < -0.3 is 9.42 Å². The standard InChI is InChI=1S/C18H24F3N5O/c1-3-5-15-23-17(27-24-15)13(2)25-8-4-9-26(11-10-25)16-7-6-14(12-22-16)18(19,20)21/h6-7,12-13H,3-5,8-11H2,1-2H3. The van der Waals surface area contributed by atoms with Crippen molar-refractivity contribution in [2.24, 2.45) is 0 Å². The number of alkyl halides is 3. The van der Waals surface area contributed by atoms with E-state index >= 15 is 0 Å². The third kappa shape index (κ3) is 4.77. The molecule has 1 aliphatic rings. The van der Waals surface area contributed by atoms with E-state index in [1.807, 2.05) is 11.8 Å². The van der Waals surface area contributed by atoms with Crippen LogP contribution in [0.25, 0.3) is 0 Å². The molecule has 1 fully saturated rings. The van der Waals surface area contributed by atoms with Gasteiger partial charge in [-0.15, -0.1) is 0 Å². The van der Waals surface area contributed by atoms with E-state index in [4.69, 9.17) is 4.52 Å². The number of pyridine rings is 1. The number of rotatable bonds is 5. The van der Waals surface area contributed by atoms with Crippen molar-refractivity contribution in [1.29, 1.82) is 0 Å². The Balaban J connectivity index is 1.62. The highest BCUT2D eigenvalue weighted by molar-refractivity contribution is 5.40. The molecule has 9 heteroatoms. The van der Waals surface area contributed by atoms with Gasteiger partial charge in [-0.3, -0.25) is 4.90 Å². The fourth-order valence-electron chi connectivity index (χ4n) is 3.21. The minimum atomic E-state index is -4.36. The maximum Gasteiger partial charge on any atom is 0.417 e. The number of aromatic nitrogens is 3. The van der Waals surface area contributed by atoms with Gasteiger partial charge in [-0.05, 0) is 31.9 Å². The summed E-state index contributed by atoms with van der Waals surface area (Å²) >= 11 is 0. The molecule has 1 atom stereocenters. The molecule has 2 aromatic rings. The molecule has 0 radical (unpaired) electrons. The third-order valence-electron chi connectivity index (χ3n) is 4.79. The lowest BCUT2D eigenvalue weighted by Gasteiger charge is -2.25. The molecular weight excluding hydrogens is 359 g/mol. The Hall–Kier alpha value is -2.16. The Bertz CT molecular complexity index is 731. The van der Waals surface area contributed by atoms with Crippen molar-refractivity contribution in [3.63, 3.8) is 0 Å². The van der Waals surface area contributed by atoms with Crippen LogP contribution in [0.1, 0.15) is 50.0 Å². The minimum Gasteiger partial charge on any atom is -0.355 e. The zero-order chi connectivity index (χ0) is 19.4. The Labute approximate surface area is 156 Å². The van der Waals surface area contributed by atoms with Crippen molar-refractivity contribution in [2.45, 2.75) is 45.3 Å². The van der Waals surface area contributed by atoms with Crippen LogP contribution in [-0.2, 0) is 12.6 Å². The Morgan fingerprint density at radius 3 is 2.67 bits per heavy atom. The lowest BCUT2D eigenvalue weighted by atomic mass is 10.2. The maximum absolute atomic E-state index is 12.7. The summed E-state index contributed by atoms with van der Waals surface area (Å²) in [5.41, 5.74) is -0.726. The van der Waals surface area contributed by atoms with Gasteiger partial charge in [0.15, 0.2) is 5.82 Å². The molecule has 0 amide bonds. The lowest BCUT2D eigenvalue weighted by molar-refractivity contribution is -0.137. The van der Waals surface area contributed by atoms with E-state index in [1.165, 1.54) is 6.07 Å². The first-order valence-corrected chi connectivity index (χ1v) is 9.23. The van der Waals surface area contributed by atoms with Gasteiger partial charge in [-0.2, -0.15) is 18.2 Å². The second-order valence-corrected chi connectivity index (χ2v) is 6.75. The molecule has 1 aliphatic heterocycles. The number of nitrogens with zero attached hydrogens (tertiary/aromatic N) is 5. The third-order valence-corrected chi connectivity index (χ3v) is 4.79. The van der Waals surface area contributed by atoms with Crippen molar-refractivity contribution in [2.75, 3.05) is 31.1 Å². The van der Waals surface area contributed by atoms with Gasteiger partial charge in [0.2, 0.25) is 5.89 Å². The smallest absolute Gasteiger partial charge is 0.355 e. The highest BCUT2D eigenvalue weighted by Crippen LogP contribution is 2.29. The molecule has 6 nitrogen and oxygen atoms in total. The van der Waals surface area contributed by atoms with Crippen molar-refractivity contribution >= 4 is 5.82 Å². The summed E-state index contributed by atoms with van der Waals surface area (Å²) in [6.07, 6.45) is -0.829. The minimum absolute atomic E-state index is 0.00335. The quantitative estimate of drug-likeness (QED) is 0.785. The zero-order valence-electron chi connectivity index (χ0n) is 15.5. The van der Waals surface area contributed by atoms with Gasteiger partial charge in [-0.1, -0.05) is 12.1 Å². The summed E-state index contributed by atoms with van der Waals surface area (Å²) < 4.78 is 43.5. The topological polar surface area (TPSA) is 58.3 Å². The van der Waals surface area contributed by atoms with Crippen LogP contribution in [0.2, 0.25) is 0 Å².